The van der Waals surface area contributed by atoms with Crippen LogP contribution in [0.5, 0.6) is 0 Å². The van der Waals surface area contributed by atoms with Gasteiger partial charge in [-0.25, -0.2) is 4.99 Å². The smallest absolute Gasteiger partial charge is 0.194 e. The van der Waals surface area contributed by atoms with Gasteiger partial charge in [-0.15, -0.1) is 0 Å². The number of nitrogens with zero attached hydrogens (tertiary/aromatic N) is 2. The Labute approximate surface area is 128 Å². The fourth-order valence-corrected chi connectivity index (χ4v) is 3.34. The van der Waals surface area contributed by atoms with Gasteiger partial charge in [0.2, 0.25) is 0 Å². The third-order valence-corrected chi connectivity index (χ3v) is 4.60. The molecule has 1 aromatic carbocycles. The van der Waals surface area contributed by atoms with E-state index in [2.05, 4.69) is 40.5 Å². The lowest BCUT2D eigenvalue weighted by Crippen LogP contribution is -2.45. The maximum atomic E-state index is 4.90. The number of hydrogen-bond donors (Lipinski definition) is 1. The Morgan fingerprint density at radius 2 is 1.71 bits per heavy atom. The van der Waals surface area contributed by atoms with Crippen LogP contribution in [0.1, 0.15) is 50.5 Å². The van der Waals surface area contributed by atoms with Gasteiger partial charge in [-0.2, -0.15) is 0 Å². The van der Waals surface area contributed by atoms with Gasteiger partial charge in [-0.3, -0.25) is 0 Å². The molecule has 1 saturated carbocycles. The van der Waals surface area contributed by atoms with Crippen LogP contribution in [0.25, 0.3) is 0 Å². The van der Waals surface area contributed by atoms with Crippen molar-refractivity contribution in [3.05, 3.63) is 35.9 Å². The van der Waals surface area contributed by atoms with Crippen LogP contribution in [0.3, 0.4) is 0 Å². The molecule has 0 unspecified atom stereocenters. The first-order chi connectivity index (χ1) is 10.4. The number of likely N-dealkylation sites (tertiary alicyclic amines) is 1. The predicted octanol–water partition coefficient (Wildman–Crippen LogP) is 3.56. The third-order valence-electron chi connectivity index (χ3n) is 4.60. The first-order valence-electron chi connectivity index (χ1n) is 8.52. The molecule has 1 aliphatic heterocycles. The summed E-state index contributed by atoms with van der Waals surface area (Å²) in [7, 11) is 0. The molecule has 0 bridgehead atoms. The largest absolute Gasteiger partial charge is 0.353 e. The van der Waals surface area contributed by atoms with Gasteiger partial charge in [-0.1, -0.05) is 49.6 Å². The van der Waals surface area contributed by atoms with E-state index in [4.69, 9.17) is 4.99 Å². The topological polar surface area (TPSA) is 27.6 Å². The molecular formula is C18H27N3. The second-order valence-corrected chi connectivity index (χ2v) is 6.30. The Morgan fingerprint density at radius 3 is 2.43 bits per heavy atom. The van der Waals surface area contributed by atoms with Crippen LogP contribution < -0.4 is 5.32 Å². The van der Waals surface area contributed by atoms with Crippen molar-refractivity contribution in [2.45, 2.75) is 57.5 Å². The van der Waals surface area contributed by atoms with Crippen LogP contribution >= 0.6 is 0 Å². The van der Waals surface area contributed by atoms with E-state index in [-0.39, 0.29) is 0 Å². The van der Waals surface area contributed by atoms with E-state index in [9.17, 15) is 0 Å². The number of hydrogen-bond acceptors (Lipinski definition) is 1. The zero-order valence-electron chi connectivity index (χ0n) is 12.9. The SMILES string of the molecule is c1ccc(CN=C(NC2CCCCC2)N2CCCC2)cc1. The quantitative estimate of drug-likeness (QED) is 0.679. The Bertz CT molecular complexity index is 443. The fourth-order valence-electron chi connectivity index (χ4n) is 3.34. The summed E-state index contributed by atoms with van der Waals surface area (Å²) >= 11 is 0. The molecule has 0 spiro atoms. The lowest BCUT2D eigenvalue weighted by Gasteiger charge is -2.29. The molecule has 2 aliphatic rings. The summed E-state index contributed by atoms with van der Waals surface area (Å²) in [5.74, 6) is 1.14. The minimum absolute atomic E-state index is 0.633. The molecule has 0 atom stereocenters. The number of benzene rings is 1. The number of aliphatic imine (C=N–C) groups is 1. The highest BCUT2D eigenvalue weighted by atomic mass is 15.3. The minimum Gasteiger partial charge on any atom is -0.353 e. The molecule has 1 aromatic rings. The van der Waals surface area contributed by atoms with E-state index in [1.54, 1.807) is 0 Å². The first kappa shape index (κ1) is 14.4. The van der Waals surface area contributed by atoms with Crippen molar-refractivity contribution < 1.29 is 0 Å². The Hall–Kier alpha value is -1.51. The van der Waals surface area contributed by atoms with Crippen molar-refractivity contribution in [3.8, 4) is 0 Å². The summed E-state index contributed by atoms with van der Waals surface area (Å²) in [6.07, 6.45) is 9.34. The van der Waals surface area contributed by atoms with Crippen molar-refractivity contribution in [2.75, 3.05) is 13.1 Å². The van der Waals surface area contributed by atoms with E-state index in [0.717, 1.165) is 25.6 Å². The highest BCUT2D eigenvalue weighted by molar-refractivity contribution is 5.80. The Morgan fingerprint density at radius 1 is 1.00 bits per heavy atom. The number of nitrogens with one attached hydrogen (secondary N) is 1. The second-order valence-electron chi connectivity index (χ2n) is 6.30. The Balaban J connectivity index is 1.65. The van der Waals surface area contributed by atoms with E-state index in [0.29, 0.717) is 6.04 Å². The monoisotopic (exact) mass is 285 g/mol. The van der Waals surface area contributed by atoms with Gasteiger partial charge in [0.05, 0.1) is 6.54 Å². The van der Waals surface area contributed by atoms with Gasteiger partial charge in [0.25, 0.3) is 0 Å². The Kier molecular flexibility index (Phi) is 5.14. The zero-order valence-corrected chi connectivity index (χ0v) is 12.9. The van der Waals surface area contributed by atoms with Crippen LogP contribution in [-0.2, 0) is 6.54 Å². The van der Waals surface area contributed by atoms with Gasteiger partial charge in [-0.05, 0) is 31.2 Å². The van der Waals surface area contributed by atoms with Crippen molar-refractivity contribution in [1.82, 2.24) is 10.2 Å². The summed E-state index contributed by atoms with van der Waals surface area (Å²) in [4.78, 5) is 7.34. The highest BCUT2D eigenvalue weighted by Crippen LogP contribution is 2.18. The van der Waals surface area contributed by atoms with Crippen LogP contribution in [-0.4, -0.2) is 30.0 Å². The van der Waals surface area contributed by atoms with Crippen molar-refractivity contribution in [2.24, 2.45) is 4.99 Å². The lowest BCUT2D eigenvalue weighted by molar-refractivity contribution is 0.389. The third kappa shape index (κ3) is 4.23. The molecule has 2 fully saturated rings. The van der Waals surface area contributed by atoms with Crippen LogP contribution in [0.4, 0.5) is 0 Å². The van der Waals surface area contributed by atoms with Crippen molar-refractivity contribution in [3.63, 3.8) is 0 Å². The van der Waals surface area contributed by atoms with Gasteiger partial charge < -0.3 is 10.2 Å². The summed E-state index contributed by atoms with van der Waals surface area (Å²) in [6.45, 7) is 3.10. The average molecular weight is 285 g/mol. The molecule has 3 nitrogen and oxygen atoms in total. The highest BCUT2D eigenvalue weighted by Gasteiger charge is 2.20. The molecular weight excluding hydrogens is 258 g/mol. The average Bonchev–Trinajstić information content (AvgIpc) is 3.08. The van der Waals surface area contributed by atoms with E-state index >= 15 is 0 Å². The number of guanidine groups is 1. The van der Waals surface area contributed by atoms with Crippen molar-refractivity contribution >= 4 is 5.96 Å². The molecule has 1 N–H and O–H groups in total. The normalized spacial score (nSPS) is 20.8. The first-order valence-corrected chi connectivity index (χ1v) is 8.52. The molecule has 21 heavy (non-hydrogen) atoms. The molecule has 3 rings (SSSR count). The van der Waals surface area contributed by atoms with Crippen LogP contribution in [0, 0.1) is 0 Å². The fraction of sp³-hybridized carbons (Fsp3) is 0.611. The van der Waals surface area contributed by atoms with E-state index < -0.39 is 0 Å². The van der Waals surface area contributed by atoms with Crippen molar-refractivity contribution in [1.29, 1.82) is 0 Å². The number of rotatable bonds is 3. The molecule has 114 valence electrons. The van der Waals surface area contributed by atoms with Gasteiger partial charge in [0.1, 0.15) is 0 Å². The van der Waals surface area contributed by atoms with E-state index in [1.807, 2.05) is 0 Å². The molecule has 0 radical (unpaired) electrons. The zero-order chi connectivity index (χ0) is 14.3. The molecule has 1 saturated heterocycles. The molecule has 3 heteroatoms. The molecule has 1 aliphatic carbocycles. The lowest BCUT2D eigenvalue weighted by atomic mass is 9.96. The summed E-state index contributed by atoms with van der Waals surface area (Å²) in [5.41, 5.74) is 1.29. The van der Waals surface area contributed by atoms with Crippen LogP contribution in [0.2, 0.25) is 0 Å². The van der Waals surface area contributed by atoms with Crippen LogP contribution in [0.15, 0.2) is 35.3 Å². The maximum absolute atomic E-state index is 4.90. The summed E-state index contributed by atoms with van der Waals surface area (Å²) in [6, 6.07) is 11.2. The van der Waals surface area contributed by atoms with Gasteiger partial charge in [0, 0.05) is 19.1 Å². The minimum atomic E-state index is 0.633. The summed E-state index contributed by atoms with van der Waals surface area (Å²) < 4.78 is 0. The molecule has 0 amide bonds. The predicted molar refractivity (Wildman–Crippen MR) is 88.4 cm³/mol. The second kappa shape index (κ2) is 7.48. The van der Waals surface area contributed by atoms with Gasteiger partial charge >= 0.3 is 0 Å². The molecule has 1 heterocycles. The summed E-state index contributed by atoms with van der Waals surface area (Å²) in [5, 5.41) is 3.74. The van der Waals surface area contributed by atoms with E-state index in [1.165, 1.54) is 50.5 Å². The van der Waals surface area contributed by atoms with Gasteiger partial charge in [0.15, 0.2) is 5.96 Å². The standard InChI is InChI=1S/C18H27N3/c1-3-9-16(10-4-1)15-19-18(21-13-7-8-14-21)20-17-11-5-2-6-12-17/h1,3-4,9-10,17H,2,5-8,11-15H2,(H,19,20). The molecule has 0 aromatic heterocycles. The maximum Gasteiger partial charge on any atom is 0.194 e.